The Morgan fingerprint density at radius 2 is 1.80 bits per heavy atom. The number of anilines is 1. The summed E-state index contributed by atoms with van der Waals surface area (Å²) in [5.74, 6) is -0.471. The van der Waals surface area contributed by atoms with Crippen LogP contribution in [0.2, 0.25) is 0 Å². The zero-order valence-electron chi connectivity index (χ0n) is 16.4. The summed E-state index contributed by atoms with van der Waals surface area (Å²) < 4.78 is 27.7. The van der Waals surface area contributed by atoms with Crippen molar-refractivity contribution in [2.75, 3.05) is 11.9 Å². The molecular weight excluding hydrogens is 404 g/mol. The molecule has 0 spiro atoms. The number of nitrogens with one attached hydrogen (secondary N) is 3. The number of H-pyrrole nitrogens is 1. The van der Waals surface area contributed by atoms with Crippen LogP contribution in [0.15, 0.2) is 72.2 Å². The van der Waals surface area contributed by atoms with Gasteiger partial charge in [-0.1, -0.05) is 18.2 Å². The van der Waals surface area contributed by atoms with Crippen LogP contribution in [-0.2, 0) is 15.8 Å². The average Bonchev–Trinajstić information content (AvgIpc) is 3.06. The lowest BCUT2D eigenvalue weighted by atomic mass is 10.1. The van der Waals surface area contributed by atoms with Crippen molar-refractivity contribution in [3.8, 4) is 5.69 Å². The topological polar surface area (TPSA) is 113 Å². The zero-order valence-corrected chi connectivity index (χ0v) is 17.2. The van der Waals surface area contributed by atoms with E-state index in [4.69, 9.17) is 0 Å². The Balaban J connectivity index is 1.66. The standard InChI is InChI=1S/C21H22N4O4S/c1-3-12-23-30(28,29)14-16-4-8-18(9-5-16)24-20(26)17-6-10-19(11-7-17)25-15(2)13-22-21(25)27/h3-11,13,23H,1,12,14H2,2H3,(H,22,27)(H,24,26). The molecule has 0 unspecified atom stereocenters. The second-order valence-corrected chi connectivity index (χ2v) is 8.47. The first-order chi connectivity index (χ1) is 14.3. The van der Waals surface area contributed by atoms with Crippen molar-refractivity contribution in [1.29, 1.82) is 0 Å². The van der Waals surface area contributed by atoms with Crippen LogP contribution >= 0.6 is 0 Å². The van der Waals surface area contributed by atoms with Gasteiger partial charge in [0.1, 0.15) is 0 Å². The number of hydrogen-bond donors (Lipinski definition) is 3. The lowest BCUT2D eigenvalue weighted by Crippen LogP contribution is -2.25. The first-order valence-corrected chi connectivity index (χ1v) is 10.8. The number of nitrogens with zero attached hydrogens (tertiary/aromatic N) is 1. The smallest absolute Gasteiger partial charge is 0.322 e. The van der Waals surface area contributed by atoms with Crippen LogP contribution in [-0.4, -0.2) is 30.4 Å². The third kappa shape index (κ3) is 5.13. The molecule has 9 heteroatoms. The highest BCUT2D eigenvalue weighted by atomic mass is 32.2. The van der Waals surface area contributed by atoms with Gasteiger partial charge in [0.15, 0.2) is 0 Å². The normalized spacial score (nSPS) is 11.2. The fourth-order valence-electron chi connectivity index (χ4n) is 2.88. The summed E-state index contributed by atoms with van der Waals surface area (Å²) in [6.07, 6.45) is 3.09. The lowest BCUT2D eigenvalue weighted by Gasteiger charge is -2.09. The van der Waals surface area contributed by atoms with Crippen molar-refractivity contribution in [3.63, 3.8) is 0 Å². The number of rotatable bonds is 8. The Morgan fingerprint density at radius 1 is 1.13 bits per heavy atom. The van der Waals surface area contributed by atoms with Crippen molar-refractivity contribution in [2.45, 2.75) is 12.7 Å². The van der Waals surface area contributed by atoms with E-state index in [0.717, 1.165) is 5.69 Å². The van der Waals surface area contributed by atoms with Crippen molar-refractivity contribution in [3.05, 3.63) is 94.7 Å². The van der Waals surface area contributed by atoms with Gasteiger partial charge in [0, 0.05) is 29.7 Å². The molecule has 156 valence electrons. The van der Waals surface area contributed by atoms with Crippen LogP contribution in [0.3, 0.4) is 0 Å². The highest BCUT2D eigenvalue weighted by Crippen LogP contribution is 2.15. The number of imidazole rings is 1. The number of carbonyl (C=O) groups is 1. The predicted molar refractivity (Wildman–Crippen MR) is 116 cm³/mol. The number of amides is 1. The molecular formula is C21H22N4O4S. The summed E-state index contributed by atoms with van der Waals surface area (Å²) in [6, 6.07) is 13.2. The molecule has 0 atom stereocenters. The largest absolute Gasteiger partial charge is 0.330 e. The van der Waals surface area contributed by atoms with E-state index >= 15 is 0 Å². The quantitative estimate of drug-likeness (QED) is 0.480. The molecule has 0 aliphatic heterocycles. The molecule has 0 fully saturated rings. The van der Waals surface area contributed by atoms with Gasteiger partial charge in [0.25, 0.3) is 5.91 Å². The molecule has 1 aromatic heterocycles. The molecule has 0 aliphatic carbocycles. The van der Waals surface area contributed by atoms with Gasteiger partial charge in [0.2, 0.25) is 10.0 Å². The van der Waals surface area contributed by atoms with Gasteiger partial charge in [-0.3, -0.25) is 9.36 Å². The van der Waals surface area contributed by atoms with Gasteiger partial charge < -0.3 is 10.3 Å². The first kappa shape index (κ1) is 21.3. The second kappa shape index (κ2) is 8.93. The number of aryl methyl sites for hydroxylation is 1. The number of carbonyl (C=O) groups excluding carboxylic acids is 1. The van der Waals surface area contributed by atoms with Gasteiger partial charge in [0.05, 0.1) is 11.4 Å². The molecule has 8 nitrogen and oxygen atoms in total. The Labute approximate surface area is 174 Å². The summed E-state index contributed by atoms with van der Waals surface area (Å²) in [5.41, 5.74) is 2.75. The third-order valence-electron chi connectivity index (χ3n) is 4.36. The van der Waals surface area contributed by atoms with E-state index in [-0.39, 0.29) is 23.9 Å². The van der Waals surface area contributed by atoms with Crippen molar-refractivity contribution in [1.82, 2.24) is 14.3 Å². The number of aromatic amines is 1. The Bertz CT molecular complexity index is 1210. The maximum Gasteiger partial charge on any atom is 0.330 e. The third-order valence-corrected chi connectivity index (χ3v) is 5.68. The van der Waals surface area contributed by atoms with Crippen LogP contribution in [0, 0.1) is 6.92 Å². The van der Waals surface area contributed by atoms with E-state index < -0.39 is 10.0 Å². The van der Waals surface area contributed by atoms with E-state index in [0.29, 0.717) is 22.5 Å². The predicted octanol–water partition coefficient (Wildman–Crippen LogP) is 2.33. The minimum atomic E-state index is -3.44. The van der Waals surface area contributed by atoms with Crippen molar-refractivity contribution in [2.24, 2.45) is 0 Å². The van der Waals surface area contributed by atoms with E-state index in [1.54, 1.807) is 54.7 Å². The van der Waals surface area contributed by atoms with Gasteiger partial charge in [-0.15, -0.1) is 6.58 Å². The SMILES string of the molecule is C=CCNS(=O)(=O)Cc1ccc(NC(=O)c2ccc(-n3c(C)c[nH]c3=O)cc2)cc1. The van der Waals surface area contributed by atoms with Crippen molar-refractivity contribution < 1.29 is 13.2 Å². The number of hydrogen-bond acceptors (Lipinski definition) is 4. The fourth-order valence-corrected chi connectivity index (χ4v) is 3.99. The molecule has 1 heterocycles. The van der Waals surface area contributed by atoms with Crippen LogP contribution < -0.4 is 15.7 Å². The second-order valence-electron chi connectivity index (χ2n) is 6.66. The van der Waals surface area contributed by atoms with Gasteiger partial charge in [-0.2, -0.15) is 0 Å². The summed E-state index contributed by atoms with van der Waals surface area (Å²) in [4.78, 5) is 26.9. The monoisotopic (exact) mass is 426 g/mol. The molecule has 30 heavy (non-hydrogen) atoms. The fraction of sp³-hybridized carbons (Fsp3) is 0.143. The molecule has 3 N–H and O–H groups in total. The number of aromatic nitrogens is 2. The Kier molecular flexibility index (Phi) is 6.34. The minimum Gasteiger partial charge on any atom is -0.322 e. The van der Waals surface area contributed by atoms with Gasteiger partial charge in [-0.05, 0) is 48.9 Å². The summed E-state index contributed by atoms with van der Waals surface area (Å²) in [7, 11) is -3.44. The Morgan fingerprint density at radius 3 is 2.37 bits per heavy atom. The molecule has 3 rings (SSSR count). The number of benzene rings is 2. The molecule has 0 saturated heterocycles. The number of sulfonamides is 1. The zero-order chi connectivity index (χ0) is 21.7. The molecule has 0 aliphatic rings. The van der Waals surface area contributed by atoms with Crippen LogP contribution in [0.4, 0.5) is 5.69 Å². The lowest BCUT2D eigenvalue weighted by molar-refractivity contribution is 0.102. The van der Waals surface area contributed by atoms with E-state index in [1.807, 2.05) is 6.92 Å². The molecule has 0 bridgehead atoms. The highest BCUT2D eigenvalue weighted by molar-refractivity contribution is 7.88. The molecule has 2 aromatic carbocycles. The van der Waals surface area contributed by atoms with E-state index in [2.05, 4.69) is 21.6 Å². The van der Waals surface area contributed by atoms with Gasteiger partial charge >= 0.3 is 5.69 Å². The van der Waals surface area contributed by atoms with E-state index in [9.17, 15) is 18.0 Å². The molecule has 0 saturated carbocycles. The average molecular weight is 426 g/mol. The molecule has 0 radical (unpaired) electrons. The molecule has 3 aromatic rings. The Hall–Kier alpha value is -3.43. The van der Waals surface area contributed by atoms with Crippen LogP contribution in [0.5, 0.6) is 0 Å². The minimum absolute atomic E-state index is 0.158. The van der Waals surface area contributed by atoms with Gasteiger partial charge in [-0.25, -0.2) is 17.9 Å². The summed E-state index contributed by atoms with van der Waals surface area (Å²) in [6.45, 7) is 5.46. The van der Waals surface area contributed by atoms with E-state index in [1.165, 1.54) is 10.6 Å². The van der Waals surface area contributed by atoms with Crippen molar-refractivity contribution >= 4 is 21.6 Å². The molecule has 1 amide bonds. The maximum absolute atomic E-state index is 12.5. The highest BCUT2D eigenvalue weighted by Gasteiger charge is 2.11. The first-order valence-electron chi connectivity index (χ1n) is 9.15. The summed E-state index contributed by atoms with van der Waals surface area (Å²) >= 11 is 0. The summed E-state index contributed by atoms with van der Waals surface area (Å²) in [5, 5.41) is 2.77. The van der Waals surface area contributed by atoms with Crippen LogP contribution in [0.1, 0.15) is 21.6 Å². The van der Waals surface area contributed by atoms with Crippen LogP contribution in [0.25, 0.3) is 5.69 Å². The maximum atomic E-state index is 12.5.